The molecular formula is C11H14N4O2. The van der Waals surface area contributed by atoms with Crippen molar-refractivity contribution in [2.45, 2.75) is 13.1 Å². The van der Waals surface area contributed by atoms with Gasteiger partial charge in [0.25, 0.3) is 0 Å². The highest BCUT2D eigenvalue weighted by atomic mass is 16.3. The van der Waals surface area contributed by atoms with Crippen LogP contribution in [0.1, 0.15) is 11.5 Å². The van der Waals surface area contributed by atoms with Crippen LogP contribution in [0.3, 0.4) is 0 Å². The van der Waals surface area contributed by atoms with Gasteiger partial charge >= 0.3 is 6.03 Å². The molecule has 0 aromatic carbocycles. The predicted octanol–water partition coefficient (Wildman–Crippen LogP) is 1.34. The van der Waals surface area contributed by atoms with Gasteiger partial charge in [0.2, 0.25) is 0 Å². The Balaban J connectivity index is 1.79. The zero-order valence-corrected chi connectivity index (χ0v) is 9.51. The van der Waals surface area contributed by atoms with Crippen molar-refractivity contribution in [2.24, 2.45) is 0 Å². The third kappa shape index (κ3) is 3.10. The number of hydrogen-bond acceptors (Lipinski definition) is 3. The standard InChI is InChI=1S/C11H14N4O2/c1-15(8-10-3-2-6-17-10)11(16)12-7-9-4-5-13-14-9/h2-6H,7-8H2,1H3,(H,12,16)(H,13,14). The molecule has 0 bridgehead atoms. The van der Waals surface area contributed by atoms with E-state index < -0.39 is 0 Å². The molecule has 90 valence electrons. The molecule has 0 saturated heterocycles. The highest BCUT2D eigenvalue weighted by molar-refractivity contribution is 5.73. The van der Waals surface area contributed by atoms with Gasteiger partial charge < -0.3 is 14.6 Å². The van der Waals surface area contributed by atoms with Crippen LogP contribution in [0.2, 0.25) is 0 Å². The lowest BCUT2D eigenvalue weighted by atomic mass is 10.4. The number of aromatic amines is 1. The third-order valence-corrected chi connectivity index (χ3v) is 2.31. The number of nitrogens with zero attached hydrogens (tertiary/aromatic N) is 2. The highest BCUT2D eigenvalue weighted by Crippen LogP contribution is 2.03. The molecule has 2 amide bonds. The molecule has 6 nitrogen and oxygen atoms in total. The summed E-state index contributed by atoms with van der Waals surface area (Å²) in [6.45, 7) is 0.878. The summed E-state index contributed by atoms with van der Waals surface area (Å²) < 4.78 is 5.17. The topological polar surface area (TPSA) is 74.2 Å². The smallest absolute Gasteiger partial charge is 0.317 e. The fraction of sp³-hybridized carbons (Fsp3) is 0.273. The summed E-state index contributed by atoms with van der Waals surface area (Å²) in [6.07, 6.45) is 3.24. The number of carbonyl (C=O) groups excluding carboxylic acids is 1. The summed E-state index contributed by atoms with van der Waals surface area (Å²) >= 11 is 0. The Labute approximate surface area is 98.6 Å². The van der Waals surface area contributed by atoms with Gasteiger partial charge in [0.1, 0.15) is 5.76 Å². The molecule has 0 radical (unpaired) electrons. The molecule has 0 aliphatic carbocycles. The third-order valence-electron chi connectivity index (χ3n) is 2.31. The molecule has 2 aromatic heterocycles. The second kappa shape index (κ2) is 5.20. The van der Waals surface area contributed by atoms with E-state index in [1.54, 1.807) is 30.5 Å². The molecule has 2 N–H and O–H groups in total. The fourth-order valence-electron chi connectivity index (χ4n) is 1.40. The van der Waals surface area contributed by atoms with Crippen molar-refractivity contribution < 1.29 is 9.21 Å². The van der Waals surface area contributed by atoms with Gasteiger partial charge in [0, 0.05) is 13.2 Å². The molecule has 0 fully saturated rings. The number of urea groups is 1. The van der Waals surface area contributed by atoms with Gasteiger partial charge in [-0.1, -0.05) is 0 Å². The predicted molar refractivity (Wildman–Crippen MR) is 61.0 cm³/mol. The molecule has 2 aromatic rings. The minimum Gasteiger partial charge on any atom is -0.467 e. The number of aromatic nitrogens is 2. The van der Waals surface area contributed by atoms with Gasteiger partial charge in [0.15, 0.2) is 0 Å². The van der Waals surface area contributed by atoms with Gasteiger partial charge in [-0.15, -0.1) is 0 Å². The van der Waals surface area contributed by atoms with Crippen LogP contribution < -0.4 is 5.32 Å². The largest absolute Gasteiger partial charge is 0.467 e. The summed E-state index contributed by atoms with van der Waals surface area (Å²) in [5.41, 5.74) is 0.866. The first-order valence-corrected chi connectivity index (χ1v) is 5.25. The molecular weight excluding hydrogens is 220 g/mol. The van der Waals surface area contributed by atoms with Crippen LogP contribution in [-0.4, -0.2) is 28.2 Å². The van der Waals surface area contributed by atoms with Crippen molar-refractivity contribution in [1.82, 2.24) is 20.4 Å². The zero-order valence-electron chi connectivity index (χ0n) is 9.51. The van der Waals surface area contributed by atoms with Gasteiger partial charge in [0.05, 0.1) is 25.0 Å². The highest BCUT2D eigenvalue weighted by Gasteiger charge is 2.09. The summed E-state index contributed by atoms with van der Waals surface area (Å²) in [4.78, 5) is 13.3. The first-order chi connectivity index (χ1) is 8.25. The number of hydrogen-bond donors (Lipinski definition) is 2. The van der Waals surface area contributed by atoms with Crippen LogP contribution in [0.25, 0.3) is 0 Å². The van der Waals surface area contributed by atoms with Gasteiger partial charge in [-0.2, -0.15) is 5.10 Å². The average molecular weight is 234 g/mol. The first kappa shape index (κ1) is 11.3. The van der Waals surface area contributed by atoms with Crippen molar-refractivity contribution >= 4 is 6.03 Å². The van der Waals surface area contributed by atoms with Crippen LogP contribution in [0.5, 0.6) is 0 Å². The Morgan fingerprint density at radius 1 is 1.59 bits per heavy atom. The maximum Gasteiger partial charge on any atom is 0.317 e. The minimum absolute atomic E-state index is 0.156. The van der Waals surface area contributed by atoms with Crippen molar-refractivity contribution in [2.75, 3.05) is 7.05 Å². The summed E-state index contributed by atoms with van der Waals surface area (Å²) in [6, 6.07) is 5.29. The van der Waals surface area contributed by atoms with Crippen LogP contribution in [0.4, 0.5) is 4.79 Å². The summed E-state index contributed by atoms with van der Waals surface area (Å²) in [5.74, 6) is 0.754. The second-order valence-electron chi connectivity index (χ2n) is 3.68. The van der Waals surface area contributed by atoms with Crippen molar-refractivity contribution in [3.05, 3.63) is 42.1 Å². The van der Waals surface area contributed by atoms with Gasteiger partial charge in [-0.05, 0) is 18.2 Å². The number of H-pyrrole nitrogens is 1. The summed E-state index contributed by atoms with van der Waals surface area (Å²) in [5, 5.41) is 9.35. The molecule has 0 atom stereocenters. The van der Waals surface area contributed by atoms with E-state index in [-0.39, 0.29) is 6.03 Å². The van der Waals surface area contributed by atoms with Crippen LogP contribution in [0.15, 0.2) is 35.1 Å². The van der Waals surface area contributed by atoms with Crippen LogP contribution in [0, 0.1) is 0 Å². The van der Waals surface area contributed by atoms with Gasteiger partial charge in [-0.3, -0.25) is 5.10 Å². The van der Waals surface area contributed by atoms with E-state index in [0.29, 0.717) is 13.1 Å². The van der Waals surface area contributed by atoms with Crippen molar-refractivity contribution in [3.63, 3.8) is 0 Å². The summed E-state index contributed by atoms with van der Waals surface area (Å²) in [7, 11) is 1.71. The van der Waals surface area contributed by atoms with Crippen molar-refractivity contribution in [1.29, 1.82) is 0 Å². The van der Waals surface area contributed by atoms with Gasteiger partial charge in [-0.25, -0.2) is 4.79 Å². The molecule has 0 unspecified atom stereocenters. The number of nitrogens with one attached hydrogen (secondary N) is 2. The average Bonchev–Trinajstić information content (AvgIpc) is 2.98. The fourth-order valence-corrected chi connectivity index (χ4v) is 1.40. The van der Waals surface area contributed by atoms with E-state index >= 15 is 0 Å². The van der Waals surface area contributed by atoms with E-state index in [1.165, 1.54) is 0 Å². The molecule has 2 rings (SSSR count). The normalized spacial score (nSPS) is 10.2. The Kier molecular flexibility index (Phi) is 3.44. The van der Waals surface area contributed by atoms with E-state index in [2.05, 4.69) is 15.5 Å². The number of carbonyl (C=O) groups is 1. The lowest BCUT2D eigenvalue weighted by Gasteiger charge is -2.16. The van der Waals surface area contributed by atoms with E-state index in [0.717, 1.165) is 11.5 Å². The maximum atomic E-state index is 11.7. The molecule has 0 spiro atoms. The van der Waals surface area contributed by atoms with E-state index in [9.17, 15) is 4.79 Å². The first-order valence-electron chi connectivity index (χ1n) is 5.25. The number of furan rings is 1. The zero-order chi connectivity index (χ0) is 12.1. The second-order valence-corrected chi connectivity index (χ2v) is 3.68. The Bertz CT molecular complexity index is 450. The molecule has 0 saturated carbocycles. The number of rotatable bonds is 4. The van der Waals surface area contributed by atoms with Crippen LogP contribution in [-0.2, 0) is 13.1 Å². The SMILES string of the molecule is CN(Cc1ccco1)C(=O)NCc1ccn[nH]1. The molecule has 17 heavy (non-hydrogen) atoms. The molecule has 2 heterocycles. The monoisotopic (exact) mass is 234 g/mol. The maximum absolute atomic E-state index is 11.7. The van der Waals surface area contributed by atoms with E-state index in [4.69, 9.17) is 4.42 Å². The quantitative estimate of drug-likeness (QED) is 0.838. The minimum atomic E-state index is -0.156. The van der Waals surface area contributed by atoms with Crippen LogP contribution >= 0.6 is 0 Å². The molecule has 6 heteroatoms. The Morgan fingerprint density at radius 2 is 2.47 bits per heavy atom. The molecule has 0 aliphatic heterocycles. The van der Waals surface area contributed by atoms with Crippen molar-refractivity contribution in [3.8, 4) is 0 Å². The van der Waals surface area contributed by atoms with E-state index in [1.807, 2.05) is 12.1 Å². The molecule has 0 aliphatic rings. The Hall–Kier alpha value is -2.24. The Morgan fingerprint density at radius 3 is 3.12 bits per heavy atom. The lowest BCUT2D eigenvalue weighted by Crippen LogP contribution is -2.36. The lowest BCUT2D eigenvalue weighted by molar-refractivity contribution is 0.202. The number of amides is 2.